The molecule has 0 fully saturated rings. The summed E-state index contributed by atoms with van der Waals surface area (Å²) in [5.41, 5.74) is 0. The maximum atomic E-state index is 10.0. The summed E-state index contributed by atoms with van der Waals surface area (Å²) < 4.78 is 4.22. The molecular formula is C5H6O3. The van der Waals surface area contributed by atoms with E-state index in [-0.39, 0.29) is 6.61 Å². The lowest BCUT2D eigenvalue weighted by molar-refractivity contribution is -0.145. The molecule has 1 N–H and O–H groups in total. The van der Waals surface area contributed by atoms with Crippen molar-refractivity contribution in [3.63, 3.8) is 0 Å². The minimum absolute atomic E-state index is 0.0700. The molecule has 0 unspecified atom stereocenters. The summed E-state index contributed by atoms with van der Waals surface area (Å²) in [4.78, 5) is 10.0. The van der Waals surface area contributed by atoms with Crippen molar-refractivity contribution < 1.29 is 14.6 Å². The first-order chi connectivity index (χ1) is 3.81. The van der Waals surface area contributed by atoms with Gasteiger partial charge in [-0.15, -0.1) is 6.42 Å². The van der Waals surface area contributed by atoms with Gasteiger partial charge in [0.1, 0.15) is 6.61 Å². The molecule has 0 bridgehead atoms. The van der Waals surface area contributed by atoms with E-state index in [1.807, 2.05) is 0 Å². The molecule has 0 aromatic carbocycles. The molecule has 0 rings (SSSR count). The molecule has 3 heteroatoms. The normalized spacial score (nSPS) is 7.50. The second kappa shape index (κ2) is 4.16. The number of carbonyl (C=O) groups excluding carboxylic acids is 1. The Morgan fingerprint density at radius 2 is 2.50 bits per heavy atom. The van der Waals surface area contributed by atoms with Gasteiger partial charge in [0.05, 0.1) is 0 Å². The highest BCUT2D eigenvalue weighted by Crippen LogP contribution is 1.72. The molecule has 0 aromatic rings. The standard InChI is InChI=1S/C5H6O3/c1-2-3-8-5(7)4-6/h1,6H,3-4H2. The van der Waals surface area contributed by atoms with Crippen LogP contribution in [0.1, 0.15) is 0 Å². The van der Waals surface area contributed by atoms with E-state index in [4.69, 9.17) is 11.5 Å². The minimum atomic E-state index is -0.692. The van der Waals surface area contributed by atoms with Crippen molar-refractivity contribution in [1.29, 1.82) is 0 Å². The van der Waals surface area contributed by atoms with Crippen LogP contribution in [0.2, 0.25) is 0 Å². The van der Waals surface area contributed by atoms with Gasteiger partial charge in [0, 0.05) is 0 Å². The Balaban J connectivity index is 3.15. The summed E-state index contributed by atoms with van der Waals surface area (Å²) in [6.45, 7) is -0.679. The monoisotopic (exact) mass is 114 g/mol. The Morgan fingerprint density at radius 1 is 1.88 bits per heavy atom. The maximum Gasteiger partial charge on any atom is 0.332 e. The zero-order valence-corrected chi connectivity index (χ0v) is 4.26. The fraction of sp³-hybridized carbons (Fsp3) is 0.400. The van der Waals surface area contributed by atoms with Gasteiger partial charge < -0.3 is 9.84 Å². The third-order valence-electron chi connectivity index (χ3n) is 0.446. The molecule has 0 aromatic heterocycles. The van der Waals surface area contributed by atoms with E-state index in [1.165, 1.54) is 0 Å². The van der Waals surface area contributed by atoms with Crippen molar-refractivity contribution in [3.05, 3.63) is 0 Å². The number of carbonyl (C=O) groups is 1. The van der Waals surface area contributed by atoms with Gasteiger partial charge in [0.2, 0.25) is 0 Å². The Bertz CT molecular complexity index is 111. The van der Waals surface area contributed by atoms with Gasteiger partial charge in [-0.2, -0.15) is 0 Å². The maximum absolute atomic E-state index is 10.0. The summed E-state index contributed by atoms with van der Waals surface area (Å²) in [5, 5.41) is 8.02. The second-order valence-corrected chi connectivity index (χ2v) is 1.02. The number of terminal acetylenes is 1. The molecule has 8 heavy (non-hydrogen) atoms. The van der Waals surface area contributed by atoms with Crippen molar-refractivity contribution in [3.8, 4) is 12.3 Å². The van der Waals surface area contributed by atoms with Crippen molar-refractivity contribution in [1.82, 2.24) is 0 Å². The highest BCUT2D eigenvalue weighted by molar-refractivity contribution is 5.70. The van der Waals surface area contributed by atoms with E-state index in [0.717, 1.165) is 0 Å². The molecule has 0 heterocycles. The van der Waals surface area contributed by atoms with Gasteiger partial charge in [0.25, 0.3) is 0 Å². The van der Waals surface area contributed by atoms with E-state index in [0.29, 0.717) is 0 Å². The zero-order chi connectivity index (χ0) is 6.41. The highest BCUT2D eigenvalue weighted by atomic mass is 16.5. The third-order valence-corrected chi connectivity index (χ3v) is 0.446. The Morgan fingerprint density at radius 3 is 2.88 bits per heavy atom. The predicted octanol–water partition coefficient (Wildman–Crippen LogP) is -0.845. The molecule has 0 aliphatic heterocycles. The van der Waals surface area contributed by atoms with Gasteiger partial charge >= 0.3 is 5.97 Å². The predicted molar refractivity (Wildman–Crippen MR) is 26.9 cm³/mol. The minimum Gasteiger partial charge on any atom is -0.451 e. The van der Waals surface area contributed by atoms with Crippen LogP contribution in [-0.4, -0.2) is 24.3 Å². The fourth-order valence-corrected chi connectivity index (χ4v) is 0.168. The molecule has 0 saturated heterocycles. The van der Waals surface area contributed by atoms with Gasteiger partial charge in [-0.3, -0.25) is 0 Å². The molecule has 0 atom stereocenters. The van der Waals surface area contributed by atoms with Crippen LogP contribution in [0, 0.1) is 12.3 Å². The van der Waals surface area contributed by atoms with Crippen LogP contribution in [-0.2, 0) is 9.53 Å². The largest absolute Gasteiger partial charge is 0.451 e. The molecule has 44 valence electrons. The Hall–Kier alpha value is -1.01. The highest BCUT2D eigenvalue weighted by Gasteiger charge is 1.94. The topological polar surface area (TPSA) is 46.5 Å². The summed E-state index contributed by atoms with van der Waals surface area (Å²) in [6.07, 6.45) is 4.72. The van der Waals surface area contributed by atoms with E-state index in [2.05, 4.69) is 10.7 Å². The fourth-order valence-electron chi connectivity index (χ4n) is 0.168. The van der Waals surface area contributed by atoms with Gasteiger partial charge in [0.15, 0.2) is 6.61 Å². The molecule has 0 saturated carbocycles. The quantitative estimate of drug-likeness (QED) is 0.376. The van der Waals surface area contributed by atoms with Crippen LogP contribution in [0.5, 0.6) is 0 Å². The third kappa shape index (κ3) is 3.19. The van der Waals surface area contributed by atoms with Crippen molar-refractivity contribution in [2.75, 3.05) is 13.2 Å². The molecule has 0 spiro atoms. The summed E-state index contributed by atoms with van der Waals surface area (Å²) in [5.74, 6) is 1.39. The summed E-state index contributed by atoms with van der Waals surface area (Å²) >= 11 is 0. The molecule has 0 amide bonds. The van der Waals surface area contributed by atoms with Crippen LogP contribution in [0.15, 0.2) is 0 Å². The van der Waals surface area contributed by atoms with Crippen LogP contribution in [0.4, 0.5) is 0 Å². The van der Waals surface area contributed by atoms with E-state index in [9.17, 15) is 4.79 Å². The van der Waals surface area contributed by atoms with Crippen molar-refractivity contribution in [2.24, 2.45) is 0 Å². The summed E-state index contributed by atoms with van der Waals surface area (Å²) in [7, 11) is 0. The molecule has 0 aliphatic carbocycles. The number of hydrogen-bond donors (Lipinski definition) is 1. The average molecular weight is 114 g/mol. The number of rotatable bonds is 2. The van der Waals surface area contributed by atoms with Crippen LogP contribution in [0.25, 0.3) is 0 Å². The molecule has 0 aliphatic rings. The first-order valence-electron chi connectivity index (χ1n) is 2.01. The second-order valence-electron chi connectivity index (χ2n) is 1.02. The van der Waals surface area contributed by atoms with Crippen LogP contribution in [0.3, 0.4) is 0 Å². The van der Waals surface area contributed by atoms with Gasteiger partial charge in [-0.05, 0) is 0 Å². The Kier molecular flexibility index (Phi) is 3.63. The van der Waals surface area contributed by atoms with Gasteiger partial charge in [-0.1, -0.05) is 5.92 Å². The number of hydrogen-bond acceptors (Lipinski definition) is 3. The SMILES string of the molecule is C#CCOC(=O)CO. The number of ether oxygens (including phenoxy) is 1. The lowest BCUT2D eigenvalue weighted by Crippen LogP contribution is -2.08. The average Bonchev–Trinajstić information content (AvgIpc) is 1.83. The molecule has 0 radical (unpaired) electrons. The molecular weight excluding hydrogens is 108 g/mol. The number of aliphatic hydroxyl groups excluding tert-OH is 1. The van der Waals surface area contributed by atoms with E-state index in [1.54, 1.807) is 0 Å². The molecule has 3 nitrogen and oxygen atoms in total. The smallest absolute Gasteiger partial charge is 0.332 e. The summed E-state index contributed by atoms with van der Waals surface area (Å²) in [6, 6.07) is 0. The number of esters is 1. The first-order valence-corrected chi connectivity index (χ1v) is 2.01. The Labute approximate surface area is 47.3 Å². The van der Waals surface area contributed by atoms with E-state index >= 15 is 0 Å². The van der Waals surface area contributed by atoms with E-state index < -0.39 is 12.6 Å². The zero-order valence-electron chi connectivity index (χ0n) is 4.26. The van der Waals surface area contributed by atoms with Crippen LogP contribution >= 0.6 is 0 Å². The van der Waals surface area contributed by atoms with Crippen molar-refractivity contribution in [2.45, 2.75) is 0 Å². The van der Waals surface area contributed by atoms with Crippen molar-refractivity contribution >= 4 is 5.97 Å². The lowest BCUT2D eigenvalue weighted by atomic mass is 10.7. The van der Waals surface area contributed by atoms with Crippen LogP contribution < -0.4 is 0 Å². The first kappa shape index (κ1) is 6.99. The number of aliphatic hydroxyl groups is 1. The van der Waals surface area contributed by atoms with Gasteiger partial charge in [-0.25, -0.2) is 4.79 Å². The lowest BCUT2D eigenvalue weighted by Gasteiger charge is -1.92.